The van der Waals surface area contributed by atoms with Crippen LogP contribution in [0.25, 0.3) is 0 Å². The van der Waals surface area contributed by atoms with Gasteiger partial charge in [-0.3, -0.25) is 4.79 Å². The maximum absolute atomic E-state index is 11.5. The van der Waals surface area contributed by atoms with Crippen LogP contribution in [0.5, 0.6) is 0 Å². The Kier molecular flexibility index (Phi) is 4.35. The van der Waals surface area contributed by atoms with Crippen LogP contribution in [0.4, 0.5) is 0 Å². The van der Waals surface area contributed by atoms with Crippen molar-refractivity contribution in [3.05, 3.63) is 42.1 Å². The van der Waals surface area contributed by atoms with Gasteiger partial charge in [0.05, 0.1) is 18.6 Å². The van der Waals surface area contributed by atoms with E-state index in [-0.39, 0.29) is 5.91 Å². The molecule has 18 heavy (non-hydrogen) atoms. The number of carbonyl (C=O) groups is 1. The second kappa shape index (κ2) is 6.20. The van der Waals surface area contributed by atoms with Crippen LogP contribution in [0.3, 0.4) is 0 Å². The van der Waals surface area contributed by atoms with Crippen LogP contribution in [0.15, 0.2) is 40.4 Å². The maximum Gasteiger partial charge on any atom is 0.230 e. The van der Waals surface area contributed by atoms with Crippen LogP contribution < -0.4 is 5.32 Å². The van der Waals surface area contributed by atoms with E-state index in [9.17, 15) is 4.79 Å². The lowest BCUT2D eigenvalue weighted by molar-refractivity contribution is -0.118. The molecule has 1 N–H and O–H groups in total. The van der Waals surface area contributed by atoms with E-state index in [1.165, 1.54) is 11.8 Å². The van der Waals surface area contributed by atoms with Crippen molar-refractivity contribution in [2.75, 3.05) is 5.75 Å². The molecule has 0 aliphatic carbocycles. The lowest BCUT2D eigenvalue weighted by atomic mass is 10.4. The third-order valence-electron chi connectivity index (χ3n) is 2.13. The van der Waals surface area contributed by atoms with Gasteiger partial charge >= 0.3 is 0 Å². The first-order valence-corrected chi connectivity index (χ1v) is 6.43. The number of carbonyl (C=O) groups excluding carboxylic acids is 1. The molecule has 0 unspecified atom stereocenters. The summed E-state index contributed by atoms with van der Waals surface area (Å²) in [5, 5.41) is 3.36. The quantitative estimate of drug-likeness (QED) is 0.658. The van der Waals surface area contributed by atoms with Gasteiger partial charge in [0.15, 0.2) is 5.16 Å². The molecule has 2 heterocycles. The zero-order valence-electron chi connectivity index (χ0n) is 9.92. The van der Waals surface area contributed by atoms with E-state index in [1.54, 1.807) is 24.7 Å². The Morgan fingerprint density at radius 1 is 1.44 bits per heavy atom. The summed E-state index contributed by atoms with van der Waals surface area (Å²) in [5.41, 5.74) is 1.00. The normalized spacial score (nSPS) is 10.3. The minimum Gasteiger partial charge on any atom is -0.467 e. The largest absolute Gasteiger partial charge is 0.467 e. The molecule has 1 amide bonds. The third-order valence-corrected chi connectivity index (χ3v) is 3.01. The number of nitrogens with zero attached hydrogens (tertiary/aromatic N) is 2. The maximum atomic E-state index is 11.5. The Balaban J connectivity index is 1.73. The number of hydrogen-bond donors (Lipinski definition) is 1. The van der Waals surface area contributed by atoms with Crippen LogP contribution >= 0.6 is 11.8 Å². The van der Waals surface area contributed by atoms with Gasteiger partial charge in [0.2, 0.25) is 5.91 Å². The minimum absolute atomic E-state index is 0.0689. The molecule has 0 spiro atoms. The molecule has 94 valence electrons. The van der Waals surface area contributed by atoms with E-state index < -0.39 is 0 Å². The summed E-state index contributed by atoms with van der Waals surface area (Å²) < 4.78 is 5.11. The van der Waals surface area contributed by atoms with Gasteiger partial charge in [-0.1, -0.05) is 11.8 Å². The van der Waals surface area contributed by atoms with E-state index in [4.69, 9.17) is 4.42 Å². The molecule has 6 heteroatoms. The molecule has 2 rings (SSSR count). The van der Waals surface area contributed by atoms with Gasteiger partial charge in [0.25, 0.3) is 0 Å². The van der Waals surface area contributed by atoms with E-state index in [0.29, 0.717) is 17.5 Å². The van der Waals surface area contributed by atoms with E-state index in [2.05, 4.69) is 15.3 Å². The zero-order valence-corrected chi connectivity index (χ0v) is 10.7. The fourth-order valence-corrected chi connectivity index (χ4v) is 1.85. The monoisotopic (exact) mass is 263 g/mol. The first-order chi connectivity index (χ1) is 8.74. The molecule has 0 fully saturated rings. The van der Waals surface area contributed by atoms with Crippen LogP contribution in [0.1, 0.15) is 11.3 Å². The lowest BCUT2D eigenvalue weighted by Crippen LogP contribution is -2.24. The predicted octanol–water partition coefficient (Wildman–Crippen LogP) is 1.79. The molecule has 2 aromatic rings. The molecular weight excluding hydrogens is 250 g/mol. The van der Waals surface area contributed by atoms with Gasteiger partial charge in [-0.05, 0) is 24.6 Å². The molecule has 2 aromatic heterocycles. The average molecular weight is 263 g/mol. The number of thioether (sulfide) groups is 1. The zero-order chi connectivity index (χ0) is 12.8. The standard InChI is InChI=1S/C12H13N3O2S/c1-9-5-14-12(15-6-9)18-8-11(16)13-7-10-3-2-4-17-10/h2-6H,7-8H2,1H3,(H,13,16). The second-order valence-corrected chi connectivity index (χ2v) is 4.63. The number of rotatable bonds is 5. The number of aromatic nitrogens is 2. The van der Waals surface area contributed by atoms with Crippen molar-refractivity contribution in [3.8, 4) is 0 Å². The number of furan rings is 1. The van der Waals surface area contributed by atoms with Gasteiger partial charge in [0.1, 0.15) is 5.76 Å². The number of nitrogens with one attached hydrogen (secondary N) is 1. The molecule has 0 saturated carbocycles. The summed E-state index contributed by atoms with van der Waals surface area (Å²) in [7, 11) is 0. The molecule has 0 saturated heterocycles. The molecule has 0 aliphatic heterocycles. The lowest BCUT2D eigenvalue weighted by Gasteiger charge is -2.02. The smallest absolute Gasteiger partial charge is 0.230 e. The van der Waals surface area contributed by atoms with Crippen molar-refractivity contribution >= 4 is 17.7 Å². The van der Waals surface area contributed by atoms with Crippen LogP contribution in [0, 0.1) is 6.92 Å². The van der Waals surface area contributed by atoms with Crippen molar-refractivity contribution in [1.29, 1.82) is 0 Å². The highest BCUT2D eigenvalue weighted by atomic mass is 32.2. The van der Waals surface area contributed by atoms with Crippen molar-refractivity contribution in [2.45, 2.75) is 18.6 Å². The number of aryl methyl sites for hydroxylation is 1. The first-order valence-electron chi connectivity index (χ1n) is 5.44. The van der Waals surface area contributed by atoms with Crippen LogP contribution in [-0.2, 0) is 11.3 Å². The molecule has 0 aromatic carbocycles. The summed E-state index contributed by atoms with van der Waals surface area (Å²) >= 11 is 1.31. The average Bonchev–Trinajstić information content (AvgIpc) is 2.89. The van der Waals surface area contributed by atoms with Crippen LogP contribution in [-0.4, -0.2) is 21.6 Å². The molecular formula is C12H13N3O2S. The molecule has 0 bridgehead atoms. The summed E-state index contributed by atoms with van der Waals surface area (Å²) in [4.78, 5) is 19.8. The highest BCUT2D eigenvalue weighted by molar-refractivity contribution is 7.99. The van der Waals surface area contributed by atoms with Gasteiger partial charge in [-0.25, -0.2) is 9.97 Å². The van der Waals surface area contributed by atoms with Gasteiger partial charge < -0.3 is 9.73 Å². The van der Waals surface area contributed by atoms with Crippen molar-refractivity contribution in [3.63, 3.8) is 0 Å². The topological polar surface area (TPSA) is 68.0 Å². The number of hydrogen-bond acceptors (Lipinski definition) is 5. The molecule has 5 nitrogen and oxygen atoms in total. The molecule has 0 atom stereocenters. The third kappa shape index (κ3) is 3.89. The number of amides is 1. The van der Waals surface area contributed by atoms with E-state index >= 15 is 0 Å². The summed E-state index contributed by atoms with van der Waals surface area (Å²) in [5.74, 6) is 0.963. The van der Waals surface area contributed by atoms with E-state index in [0.717, 1.165) is 11.3 Å². The fraction of sp³-hybridized carbons (Fsp3) is 0.250. The minimum atomic E-state index is -0.0689. The Hall–Kier alpha value is -1.82. The Labute approximate surface area is 109 Å². The summed E-state index contributed by atoms with van der Waals surface area (Å²) in [6.07, 6.45) is 5.04. The summed E-state index contributed by atoms with van der Waals surface area (Å²) in [6, 6.07) is 3.60. The van der Waals surface area contributed by atoms with Crippen molar-refractivity contribution in [1.82, 2.24) is 15.3 Å². The molecule has 0 aliphatic rings. The molecule has 0 radical (unpaired) electrons. The Morgan fingerprint density at radius 2 is 2.22 bits per heavy atom. The fourth-order valence-electron chi connectivity index (χ4n) is 1.24. The van der Waals surface area contributed by atoms with Gasteiger partial charge in [-0.15, -0.1) is 0 Å². The van der Waals surface area contributed by atoms with Gasteiger partial charge in [0, 0.05) is 12.4 Å². The highest BCUT2D eigenvalue weighted by Gasteiger charge is 2.05. The first kappa shape index (κ1) is 12.6. The SMILES string of the molecule is Cc1cnc(SCC(=O)NCc2ccco2)nc1. The van der Waals surface area contributed by atoms with Crippen molar-refractivity contribution < 1.29 is 9.21 Å². The highest BCUT2D eigenvalue weighted by Crippen LogP contribution is 2.11. The second-order valence-electron chi connectivity index (χ2n) is 3.69. The Morgan fingerprint density at radius 3 is 2.89 bits per heavy atom. The summed E-state index contributed by atoms with van der Waals surface area (Å²) in [6.45, 7) is 2.33. The van der Waals surface area contributed by atoms with E-state index in [1.807, 2.05) is 13.0 Å². The van der Waals surface area contributed by atoms with Crippen LogP contribution in [0.2, 0.25) is 0 Å². The van der Waals surface area contributed by atoms with Crippen molar-refractivity contribution in [2.24, 2.45) is 0 Å². The van der Waals surface area contributed by atoms with Gasteiger partial charge in [-0.2, -0.15) is 0 Å². The predicted molar refractivity (Wildman–Crippen MR) is 68.0 cm³/mol. The Bertz CT molecular complexity index is 497.